The Hall–Kier alpha value is -0.610. The predicted molar refractivity (Wildman–Crippen MR) is 59.4 cm³/mol. The minimum atomic E-state index is -0.190. The summed E-state index contributed by atoms with van der Waals surface area (Å²) in [7, 11) is 0. The van der Waals surface area contributed by atoms with E-state index in [1.807, 2.05) is 0 Å². The Balaban J connectivity index is 1.92. The first kappa shape index (κ1) is 10.9. The third-order valence-corrected chi connectivity index (χ3v) is 3.55. The highest BCUT2D eigenvalue weighted by Gasteiger charge is 2.33. The van der Waals surface area contributed by atoms with E-state index in [-0.39, 0.29) is 11.9 Å². The van der Waals surface area contributed by atoms with Crippen LogP contribution in [0, 0.1) is 5.92 Å². The largest absolute Gasteiger partial charge is 0.368 e. The van der Waals surface area contributed by atoms with Crippen molar-refractivity contribution in [1.82, 2.24) is 10.2 Å². The molecule has 2 unspecified atom stereocenters. The van der Waals surface area contributed by atoms with Gasteiger partial charge in [0.25, 0.3) is 0 Å². The minimum absolute atomic E-state index is 0.104. The molecule has 2 fully saturated rings. The number of nitrogens with two attached hydrogens (primary N) is 1. The maximum atomic E-state index is 11.3. The van der Waals surface area contributed by atoms with Gasteiger partial charge in [0.05, 0.1) is 0 Å². The second kappa shape index (κ2) is 4.49. The molecule has 1 aliphatic heterocycles. The molecule has 1 saturated carbocycles. The van der Waals surface area contributed by atoms with Gasteiger partial charge in [0, 0.05) is 25.7 Å². The van der Waals surface area contributed by atoms with Crippen LogP contribution in [0.3, 0.4) is 0 Å². The Morgan fingerprint density at radius 3 is 2.93 bits per heavy atom. The molecule has 0 spiro atoms. The summed E-state index contributed by atoms with van der Waals surface area (Å²) in [6.07, 6.45) is 3.97. The van der Waals surface area contributed by atoms with Gasteiger partial charge >= 0.3 is 0 Å². The number of hydrogen-bond donors (Lipinski definition) is 2. The number of primary amides is 1. The Morgan fingerprint density at radius 2 is 2.33 bits per heavy atom. The molecule has 1 saturated heterocycles. The molecule has 2 aliphatic rings. The topological polar surface area (TPSA) is 58.4 Å². The molecule has 1 aliphatic carbocycles. The van der Waals surface area contributed by atoms with E-state index in [2.05, 4.69) is 17.1 Å². The zero-order valence-electron chi connectivity index (χ0n) is 9.41. The maximum Gasteiger partial charge on any atom is 0.236 e. The van der Waals surface area contributed by atoms with Gasteiger partial charge < -0.3 is 11.1 Å². The standard InChI is InChI=1S/C11H21N3O/c1-8(6-9-2-3-9)14-5-4-13-7-10(14)11(12)15/h8-10,13H,2-7H2,1H3,(H2,12,15). The molecular formula is C11H21N3O. The average molecular weight is 211 g/mol. The highest BCUT2D eigenvalue weighted by molar-refractivity contribution is 5.80. The van der Waals surface area contributed by atoms with Crippen LogP contribution >= 0.6 is 0 Å². The van der Waals surface area contributed by atoms with Crippen molar-refractivity contribution < 1.29 is 4.79 Å². The molecule has 1 amide bonds. The third-order valence-electron chi connectivity index (χ3n) is 3.55. The lowest BCUT2D eigenvalue weighted by Crippen LogP contribution is -2.59. The number of piperazine rings is 1. The summed E-state index contributed by atoms with van der Waals surface area (Å²) in [5, 5.41) is 3.23. The molecule has 3 N–H and O–H groups in total. The van der Waals surface area contributed by atoms with Crippen LogP contribution in [0.2, 0.25) is 0 Å². The molecule has 0 aromatic carbocycles. The highest BCUT2D eigenvalue weighted by Crippen LogP contribution is 2.34. The molecule has 2 atom stereocenters. The lowest BCUT2D eigenvalue weighted by molar-refractivity contribution is -0.124. The monoisotopic (exact) mass is 211 g/mol. The van der Waals surface area contributed by atoms with Crippen molar-refractivity contribution in [3.63, 3.8) is 0 Å². The van der Waals surface area contributed by atoms with Crippen molar-refractivity contribution >= 4 is 5.91 Å². The Labute approximate surface area is 91.2 Å². The van der Waals surface area contributed by atoms with Crippen LogP contribution < -0.4 is 11.1 Å². The fraction of sp³-hybridized carbons (Fsp3) is 0.909. The number of carbonyl (C=O) groups is 1. The average Bonchev–Trinajstić information content (AvgIpc) is 3.01. The van der Waals surface area contributed by atoms with Gasteiger partial charge in [0.15, 0.2) is 0 Å². The summed E-state index contributed by atoms with van der Waals surface area (Å²) in [6.45, 7) is 4.85. The second-order valence-electron chi connectivity index (χ2n) is 4.89. The van der Waals surface area contributed by atoms with Gasteiger partial charge in [-0.3, -0.25) is 9.69 Å². The van der Waals surface area contributed by atoms with E-state index >= 15 is 0 Å². The molecule has 2 rings (SSSR count). The summed E-state index contributed by atoms with van der Waals surface area (Å²) in [6, 6.07) is 0.393. The minimum Gasteiger partial charge on any atom is -0.368 e. The van der Waals surface area contributed by atoms with Crippen LogP contribution in [0.1, 0.15) is 26.2 Å². The number of amides is 1. The van der Waals surface area contributed by atoms with Crippen molar-refractivity contribution in [2.75, 3.05) is 19.6 Å². The zero-order valence-corrected chi connectivity index (χ0v) is 9.41. The molecule has 0 bridgehead atoms. The van der Waals surface area contributed by atoms with Crippen LogP contribution in [0.25, 0.3) is 0 Å². The first-order valence-electron chi connectivity index (χ1n) is 5.94. The van der Waals surface area contributed by atoms with E-state index in [0.717, 1.165) is 19.0 Å². The zero-order chi connectivity index (χ0) is 10.8. The number of hydrogen-bond acceptors (Lipinski definition) is 3. The summed E-state index contributed by atoms with van der Waals surface area (Å²) in [5.41, 5.74) is 5.42. The summed E-state index contributed by atoms with van der Waals surface area (Å²) in [4.78, 5) is 13.6. The van der Waals surface area contributed by atoms with E-state index in [9.17, 15) is 4.79 Å². The molecule has 15 heavy (non-hydrogen) atoms. The van der Waals surface area contributed by atoms with Gasteiger partial charge in [0.2, 0.25) is 5.91 Å². The van der Waals surface area contributed by atoms with Gasteiger partial charge in [-0.15, -0.1) is 0 Å². The van der Waals surface area contributed by atoms with Crippen LogP contribution in [-0.2, 0) is 4.79 Å². The van der Waals surface area contributed by atoms with Crippen molar-refractivity contribution in [2.45, 2.75) is 38.3 Å². The van der Waals surface area contributed by atoms with Crippen molar-refractivity contribution in [1.29, 1.82) is 0 Å². The van der Waals surface area contributed by atoms with Crippen molar-refractivity contribution in [2.24, 2.45) is 11.7 Å². The normalized spacial score (nSPS) is 30.1. The van der Waals surface area contributed by atoms with Gasteiger partial charge in [-0.25, -0.2) is 0 Å². The molecule has 0 aromatic rings. The smallest absolute Gasteiger partial charge is 0.236 e. The Morgan fingerprint density at radius 1 is 1.60 bits per heavy atom. The number of nitrogens with zero attached hydrogens (tertiary/aromatic N) is 1. The van der Waals surface area contributed by atoms with Crippen molar-refractivity contribution in [3.05, 3.63) is 0 Å². The number of carbonyl (C=O) groups excluding carboxylic acids is 1. The van der Waals surface area contributed by atoms with E-state index in [1.54, 1.807) is 0 Å². The highest BCUT2D eigenvalue weighted by atomic mass is 16.1. The summed E-state index contributed by atoms with van der Waals surface area (Å²) in [5.74, 6) is 0.716. The molecule has 86 valence electrons. The first-order chi connectivity index (χ1) is 7.18. The lowest BCUT2D eigenvalue weighted by Gasteiger charge is -2.38. The quantitative estimate of drug-likeness (QED) is 0.684. The lowest BCUT2D eigenvalue weighted by atomic mass is 10.1. The summed E-state index contributed by atoms with van der Waals surface area (Å²) >= 11 is 0. The first-order valence-corrected chi connectivity index (χ1v) is 5.94. The van der Waals surface area contributed by atoms with Crippen LogP contribution in [0.15, 0.2) is 0 Å². The van der Waals surface area contributed by atoms with Gasteiger partial charge in [-0.05, 0) is 19.3 Å². The SMILES string of the molecule is CC(CC1CC1)N1CCNCC1C(N)=O. The van der Waals surface area contributed by atoms with E-state index in [0.29, 0.717) is 12.6 Å². The van der Waals surface area contributed by atoms with Crippen LogP contribution in [-0.4, -0.2) is 42.5 Å². The van der Waals surface area contributed by atoms with Crippen molar-refractivity contribution in [3.8, 4) is 0 Å². The van der Waals surface area contributed by atoms with Gasteiger partial charge in [-0.2, -0.15) is 0 Å². The predicted octanol–water partition coefficient (Wildman–Crippen LogP) is -0.0659. The Kier molecular flexibility index (Phi) is 3.26. The molecule has 0 aromatic heterocycles. The fourth-order valence-electron chi connectivity index (χ4n) is 2.48. The van der Waals surface area contributed by atoms with E-state index in [4.69, 9.17) is 5.73 Å². The molecule has 0 radical (unpaired) electrons. The molecule has 4 heteroatoms. The maximum absolute atomic E-state index is 11.3. The van der Waals surface area contributed by atoms with Crippen LogP contribution in [0.4, 0.5) is 0 Å². The van der Waals surface area contributed by atoms with Gasteiger partial charge in [-0.1, -0.05) is 12.8 Å². The summed E-state index contributed by atoms with van der Waals surface area (Å²) < 4.78 is 0. The second-order valence-corrected chi connectivity index (χ2v) is 4.89. The van der Waals surface area contributed by atoms with E-state index in [1.165, 1.54) is 19.3 Å². The molecule has 1 heterocycles. The van der Waals surface area contributed by atoms with E-state index < -0.39 is 0 Å². The number of nitrogens with one attached hydrogen (secondary N) is 1. The molecular weight excluding hydrogens is 190 g/mol. The van der Waals surface area contributed by atoms with Gasteiger partial charge in [0.1, 0.15) is 6.04 Å². The number of rotatable bonds is 4. The fourth-order valence-corrected chi connectivity index (χ4v) is 2.48. The molecule has 4 nitrogen and oxygen atoms in total. The Bertz CT molecular complexity index is 240. The van der Waals surface area contributed by atoms with Crippen LogP contribution in [0.5, 0.6) is 0 Å². The third kappa shape index (κ3) is 2.69.